The number of alkyl carbamates (subject to hydrolysis) is 2. The minimum Gasteiger partial charge on any atom is -0.464 e. The Kier molecular flexibility index (Phi) is 12.9. The largest absolute Gasteiger partial charge is 0.464 e. The lowest BCUT2D eigenvalue weighted by atomic mass is 9.82. The van der Waals surface area contributed by atoms with Gasteiger partial charge in [-0.25, -0.2) is 28.9 Å². The Morgan fingerprint density at radius 2 is 1.58 bits per heavy atom. The Labute approximate surface area is 443 Å². The van der Waals surface area contributed by atoms with Crippen molar-refractivity contribution < 1.29 is 42.5 Å². The second-order valence-corrected chi connectivity index (χ2v) is 23.6. The van der Waals surface area contributed by atoms with E-state index in [9.17, 15) is 19.2 Å². The first-order chi connectivity index (χ1) is 36.7. The van der Waals surface area contributed by atoms with E-state index in [4.69, 9.17) is 33.9 Å². The molecule has 6 aromatic rings. The summed E-state index contributed by atoms with van der Waals surface area (Å²) in [6, 6.07) is 9.38. The molecule has 0 radical (unpaired) electrons. The summed E-state index contributed by atoms with van der Waals surface area (Å²) < 4.78 is 42.0. The molecule has 2 aliphatic carbocycles. The first-order valence-electron chi connectivity index (χ1n) is 26.8. The number of hydrogen-bond acceptors (Lipinski definition) is 12. The van der Waals surface area contributed by atoms with Crippen LogP contribution in [-0.2, 0) is 23.8 Å². The lowest BCUT2D eigenvalue weighted by molar-refractivity contribution is -0.140. The van der Waals surface area contributed by atoms with E-state index in [1.807, 2.05) is 69.3 Å². The van der Waals surface area contributed by atoms with Gasteiger partial charge in [-0.1, -0.05) is 32.8 Å². The van der Waals surface area contributed by atoms with Gasteiger partial charge in [0.1, 0.15) is 35.3 Å². The topological polar surface area (TPSA) is 211 Å². The summed E-state index contributed by atoms with van der Waals surface area (Å²) in [4.78, 5) is 79.6. The lowest BCUT2D eigenvalue weighted by Gasteiger charge is -2.40. The smallest absolute Gasteiger partial charge is 0.407 e. The van der Waals surface area contributed by atoms with E-state index >= 15 is 4.39 Å². The van der Waals surface area contributed by atoms with Crippen LogP contribution in [0.2, 0.25) is 0 Å². The molecule has 8 heterocycles. The number of nitrogens with one attached hydrogen (secondary N) is 4. The van der Waals surface area contributed by atoms with E-state index in [0.717, 1.165) is 64.1 Å². The number of rotatable bonds is 12. The molecule has 20 heteroatoms. The van der Waals surface area contributed by atoms with Crippen molar-refractivity contribution in [1.29, 1.82) is 0 Å². The van der Waals surface area contributed by atoms with Crippen LogP contribution in [0.4, 0.5) is 14.0 Å². The highest BCUT2D eigenvalue weighted by atomic mass is 32.1. The van der Waals surface area contributed by atoms with Gasteiger partial charge in [-0.3, -0.25) is 14.2 Å². The Bertz CT molecular complexity index is 3230. The number of piperidine rings is 1. The third-order valence-corrected chi connectivity index (χ3v) is 18.0. The van der Waals surface area contributed by atoms with E-state index in [-0.39, 0.29) is 41.8 Å². The fourth-order valence-corrected chi connectivity index (χ4v) is 14.0. The molecular weight excluding hydrogens is 992 g/mol. The van der Waals surface area contributed by atoms with Crippen molar-refractivity contribution in [2.24, 2.45) is 17.8 Å². The number of amides is 4. The van der Waals surface area contributed by atoms with Crippen molar-refractivity contribution in [3.8, 4) is 39.5 Å². The summed E-state index contributed by atoms with van der Waals surface area (Å²) in [6.07, 6.45) is 12.4. The van der Waals surface area contributed by atoms with Gasteiger partial charge in [-0.2, -0.15) is 0 Å². The number of methoxy groups -OCH3 is 2. The van der Waals surface area contributed by atoms with Gasteiger partial charge in [0.2, 0.25) is 18.0 Å². The molecule has 6 aliphatic rings. The zero-order chi connectivity index (χ0) is 52.7. The molecule has 400 valence electrons. The maximum atomic E-state index is 17.1. The molecule has 4 N–H and O–H groups in total. The number of nitrogens with zero attached hydrogens (tertiary/aromatic N) is 6. The number of thiazole rings is 1. The highest BCUT2D eigenvalue weighted by Gasteiger charge is 2.57. The standard InChI is InChI=1S/C56H65FN10O8S/c1-28(2)46(63-54(70)72-5)51(68)65-16-9-12-39(65)48-58-26-37(62-48)32-19-35(57)45-41-21-33-18-30(13-14-38(33)67(41)53(75-43(45)23-32)44-27-60-50(76-44)29-10-7-8-11-29)36-25-59-49(61-36)42-22-34-20-40(34)66(42)52(69)47(64-55(71)73-6)31-15-17-74-56(3,4)24-31/h13-14,18-19,21,23,25-29,31,34,39-40,42,46-47,53H,7-12,15-17,20,22,24H2,1-6H3,(H,58,62)(H,59,61)(H,63,70)(H,64,71)/t31?,34-,39+,40-,42+,46?,47?,53?/m1/s1. The zero-order valence-electron chi connectivity index (χ0n) is 43.7. The quantitative estimate of drug-likeness (QED) is 0.0906. The fraction of sp³-hybridized carbons (Fsp3) is 0.518. The second-order valence-electron chi connectivity index (χ2n) is 22.5. The molecule has 3 saturated heterocycles. The number of ether oxygens (including phenoxy) is 4. The van der Waals surface area contributed by atoms with Crippen LogP contribution in [0, 0.1) is 23.6 Å². The minimum atomic E-state index is -0.776. The first-order valence-corrected chi connectivity index (χ1v) is 27.7. The van der Waals surface area contributed by atoms with Crippen LogP contribution in [0.5, 0.6) is 5.75 Å². The number of H-pyrrole nitrogens is 2. The van der Waals surface area contributed by atoms with E-state index in [0.29, 0.717) is 84.2 Å². The number of imidazole rings is 2. The molecule has 4 unspecified atom stereocenters. The molecule has 4 aromatic heterocycles. The van der Waals surface area contributed by atoms with Crippen LogP contribution in [0.3, 0.4) is 0 Å². The molecule has 5 fully saturated rings. The number of aromatic amines is 2. The summed E-state index contributed by atoms with van der Waals surface area (Å²) >= 11 is 1.65. The average Bonchev–Trinajstić information content (AvgIpc) is 4.23. The molecule has 76 heavy (non-hydrogen) atoms. The molecule has 0 spiro atoms. The van der Waals surface area contributed by atoms with Crippen LogP contribution in [-0.4, -0.2) is 114 Å². The highest BCUT2D eigenvalue weighted by molar-refractivity contribution is 7.11. The number of halogens is 1. The average molecular weight is 1060 g/mol. The number of hydrogen-bond donors (Lipinski definition) is 4. The van der Waals surface area contributed by atoms with Crippen LogP contribution in [0.25, 0.3) is 44.7 Å². The van der Waals surface area contributed by atoms with E-state index in [1.54, 1.807) is 22.4 Å². The van der Waals surface area contributed by atoms with Gasteiger partial charge in [0.25, 0.3) is 0 Å². The van der Waals surface area contributed by atoms with Crippen molar-refractivity contribution in [2.75, 3.05) is 27.4 Å². The molecule has 4 amide bonds. The van der Waals surface area contributed by atoms with Crippen molar-refractivity contribution in [3.05, 3.63) is 82.3 Å². The molecule has 2 saturated carbocycles. The minimum absolute atomic E-state index is 0.0751. The predicted molar refractivity (Wildman–Crippen MR) is 281 cm³/mol. The van der Waals surface area contributed by atoms with Crippen LogP contribution in [0.15, 0.2) is 55.0 Å². The van der Waals surface area contributed by atoms with Crippen molar-refractivity contribution in [1.82, 2.24) is 49.9 Å². The number of carbonyl (C=O) groups is 4. The normalized spacial score (nSPS) is 24.4. The van der Waals surface area contributed by atoms with Crippen molar-refractivity contribution in [2.45, 2.75) is 140 Å². The highest BCUT2D eigenvalue weighted by Crippen LogP contribution is 2.54. The Morgan fingerprint density at radius 3 is 2.32 bits per heavy atom. The zero-order valence-corrected chi connectivity index (χ0v) is 44.5. The number of benzene rings is 2. The summed E-state index contributed by atoms with van der Waals surface area (Å²) in [5.74, 6) is 1.29. The van der Waals surface area contributed by atoms with Gasteiger partial charge < -0.3 is 49.3 Å². The molecule has 2 aromatic carbocycles. The molecule has 4 aliphatic heterocycles. The van der Waals surface area contributed by atoms with Crippen molar-refractivity contribution >= 4 is 46.2 Å². The first kappa shape index (κ1) is 50.0. The third kappa shape index (κ3) is 9.07. The fourth-order valence-electron chi connectivity index (χ4n) is 12.9. The summed E-state index contributed by atoms with van der Waals surface area (Å²) in [7, 11) is 2.58. The van der Waals surface area contributed by atoms with Crippen LogP contribution in [0.1, 0.15) is 138 Å². The molecular formula is C56H65FN10O8S. The van der Waals surface area contributed by atoms with Gasteiger partial charge in [0, 0.05) is 47.8 Å². The van der Waals surface area contributed by atoms with Gasteiger partial charge in [0.15, 0.2) is 0 Å². The molecule has 12 rings (SSSR count). The van der Waals surface area contributed by atoms with E-state index in [2.05, 4.69) is 31.2 Å². The summed E-state index contributed by atoms with van der Waals surface area (Å²) in [6.45, 7) is 8.78. The summed E-state index contributed by atoms with van der Waals surface area (Å²) in [5.41, 5.74) is 4.19. The number of likely N-dealkylation sites (tertiary alicyclic amines) is 2. The summed E-state index contributed by atoms with van der Waals surface area (Å²) in [5, 5.41) is 7.56. The van der Waals surface area contributed by atoms with Gasteiger partial charge in [-0.15, -0.1) is 11.3 Å². The maximum absolute atomic E-state index is 17.1. The second kappa shape index (κ2) is 19.6. The SMILES string of the molecule is COC(=O)NC(C(=O)N1CCC[C@H]1c1ncc(-c2cc(F)c3c(c2)OC(c2cnc(C4CCCC4)s2)n2c-3cc3cc(-c4cnc([C@@H]5C[C@H]6C[C@H]6N5C(=O)C(NC(=O)OC)C5CCOC(C)(C)C5)[nH]4)ccc32)[nH]1)C(C)C. The van der Waals surface area contributed by atoms with Gasteiger partial charge in [-0.05, 0) is 113 Å². The molecule has 8 atom stereocenters. The molecule has 18 nitrogen and oxygen atoms in total. The van der Waals surface area contributed by atoms with E-state index < -0.39 is 41.9 Å². The monoisotopic (exact) mass is 1060 g/mol. The number of aromatic nitrogens is 6. The predicted octanol–water partition coefficient (Wildman–Crippen LogP) is 9.92. The lowest BCUT2D eigenvalue weighted by Crippen LogP contribution is -2.55. The Hall–Kier alpha value is -6.80. The maximum Gasteiger partial charge on any atom is 0.407 e. The van der Waals surface area contributed by atoms with Crippen LogP contribution >= 0.6 is 11.3 Å². The number of carbonyl (C=O) groups excluding carboxylic acids is 4. The number of fused-ring (bicyclic) bond motifs is 6. The third-order valence-electron chi connectivity index (χ3n) is 16.8. The van der Waals surface area contributed by atoms with Crippen LogP contribution < -0.4 is 15.4 Å². The Balaban J connectivity index is 0.857. The van der Waals surface area contributed by atoms with Gasteiger partial charge in [0.05, 0.1) is 82.3 Å². The van der Waals surface area contributed by atoms with E-state index in [1.165, 1.54) is 33.1 Å². The van der Waals surface area contributed by atoms with Gasteiger partial charge >= 0.3 is 12.2 Å². The van der Waals surface area contributed by atoms with Crippen molar-refractivity contribution in [3.63, 3.8) is 0 Å². The Morgan fingerprint density at radius 1 is 0.842 bits per heavy atom. The molecule has 0 bridgehead atoms.